The number of nitriles is 1. The van der Waals surface area contributed by atoms with E-state index in [0.717, 1.165) is 32.4 Å². The fraction of sp³-hybridized carbons (Fsp3) is 0.579. The Kier molecular flexibility index (Phi) is 5.57. The van der Waals surface area contributed by atoms with Crippen molar-refractivity contribution in [1.29, 1.82) is 5.26 Å². The third-order valence-electron chi connectivity index (χ3n) is 5.18. The number of aliphatic hydroxyl groups is 1. The van der Waals surface area contributed by atoms with Crippen LogP contribution in [0.5, 0.6) is 5.75 Å². The van der Waals surface area contributed by atoms with Gasteiger partial charge in [0.1, 0.15) is 5.75 Å². The third kappa shape index (κ3) is 4.12. The Hall–Kier alpha value is -2.10. The van der Waals surface area contributed by atoms with E-state index < -0.39 is 6.10 Å². The molecule has 1 aromatic carbocycles. The molecule has 0 radical (unpaired) electrons. The van der Waals surface area contributed by atoms with Crippen LogP contribution in [0.15, 0.2) is 24.3 Å². The number of amides is 1. The Morgan fingerprint density at radius 2 is 1.92 bits per heavy atom. The van der Waals surface area contributed by atoms with Gasteiger partial charge in [0, 0.05) is 32.2 Å². The highest BCUT2D eigenvalue weighted by atomic mass is 16.5. The first kappa shape index (κ1) is 17.7. The van der Waals surface area contributed by atoms with Crippen molar-refractivity contribution in [3.63, 3.8) is 0 Å². The van der Waals surface area contributed by atoms with Crippen molar-refractivity contribution in [2.75, 3.05) is 26.2 Å². The number of hydrogen-bond acceptors (Lipinski definition) is 5. The van der Waals surface area contributed by atoms with E-state index in [1.807, 2.05) is 4.90 Å². The van der Waals surface area contributed by atoms with Crippen LogP contribution in [0.25, 0.3) is 0 Å². The lowest BCUT2D eigenvalue weighted by Gasteiger charge is -2.39. The quantitative estimate of drug-likeness (QED) is 0.894. The van der Waals surface area contributed by atoms with Gasteiger partial charge in [-0.2, -0.15) is 5.26 Å². The van der Waals surface area contributed by atoms with Crippen molar-refractivity contribution in [2.24, 2.45) is 0 Å². The summed E-state index contributed by atoms with van der Waals surface area (Å²) in [4.78, 5) is 16.8. The summed E-state index contributed by atoms with van der Waals surface area (Å²) in [6.07, 6.45) is 2.24. The zero-order valence-corrected chi connectivity index (χ0v) is 14.6. The molecule has 1 heterocycles. The van der Waals surface area contributed by atoms with Gasteiger partial charge in [0.25, 0.3) is 5.91 Å². The van der Waals surface area contributed by atoms with Gasteiger partial charge in [0.15, 0.2) is 6.10 Å². The Bertz CT molecular complexity index is 632. The molecule has 2 fully saturated rings. The summed E-state index contributed by atoms with van der Waals surface area (Å²) in [5, 5.41) is 18.9. The fourth-order valence-corrected chi connectivity index (χ4v) is 3.74. The molecule has 1 aliphatic heterocycles. The average molecular weight is 343 g/mol. The largest absolute Gasteiger partial charge is 0.481 e. The second kappa shape index (κ2) is 7.85. The number of hydrogen-bond donors (Lipinski definition) is 1. The molecule has 6 nitrogen and oxygen atoms in total. The molecule has 0 aromatic heterocycles. The smallest absolute Gasteiger partial charge is 0.263 e. The highest BCUT2D eigenvalue weighted by Gasteiger charge is 2.34. The second-order valence-electron chi connectivity index (χ2n) is 6.82. The number of rotatable bonds is 4. The zero-order valence-electron chi connectivity index (χ0n) is 14.6. The highest BCUT2D eigenvalue weighted by Crippen LogP contribution is 2.25. The van der Waals surface area contributed by atoms with Crippen LogP contribution >= 0.6 is 0 Å². The van der Waals surface area contributed by atoms with E-state index in [1.165, 1.54) is 0 Å². The van der Waals surface area contributed by atoms with Crippen molar-refractivity contribution in [3.8, 4) is 11.8 Å². The fourth-order valence-electron chi connectivity index (χ4n) is 3.74. The molecule has 3 atom stereocenters. The molecule has 1 N–H and O–H groups in total. The predicted molar refractivity (Wildman–Crippen MR) is 93.0 cm³/mol. The summed E-state index contributed by atoms with van der Waals surface area (Å²) >= 11 is 0. The van der Waals surface area contributed by atoms with Crippen LogP contribution in [0, 0.1) is 11.3 Å². The van der Waals surface area contributed by atoms with E-state index >= 15 is 0 Å². The second-order valence-corrected chi connectivity index (χ2v) is 6.82. The number of carbonyl (C=O) groups is 1. The van der Waals surface area contributed by atoms with Gasteiger partial charge in [-0.3, -0.25) is 9.69 Å². The van der Waals surface area contributed by atoms with E-state index in [4.69, 9.17) is 10.00 Å². The number of ether oxygens (including phenoxy) is 1. The molecule has 3 rings (SSSR count). The Balaban J connectivity index is 1.50. The molecule has 1 saturated carbocycles. The lowest BCUT2D eigenvalue weighted by molar-refractivity contribution is -0.140. The number of aliphatic hydroxyl groups excluding tert-OH is 1. The van der Waals surface area contributed by atoms with Crippen molar-refractivity contribution in [2.45, 2.75) is 44.4 Å². The molecular weight excluding hydrogens is 318 g/mol. The molecule has 0 unspecified atom stereocenters. The molecule has 25 heavy (non-hydrogen) atoms. The molecule has 1 aliphatic carbocycles. The van der Waals surface area contributed by atoms with Crippen LogP contribution in [0.3, 0.4) is 0 Å². The monoisotopic (exact) mass is 343 g/mol. The van der Waals surface area contributed by atoms with Crippen LogP contribution < -0.4 is 4.74 Å². The summed E-state index contributed by atoms with van der Waals surface area (Å²) in [7, 11) is 0. The number of carbonyl (C=O) groups excluding carboxylic acids is 1. The van der Waals surface area contributed by atoms with Crippen LogP contribution in [-0.4, -0.2) is 65.2 Å². The van der Waals surface area contributed by atoms with Crippen LogP contribution in [-0.2, 0) is 4.79 Å². The van der Waals surface area contributed by atoms with Crippen LogP contribution in [0.1, 0.15) is 31.7 Å². The summed E-state index contributed by atoms with van der Waals surface area (Å²) in [5.74, 6) is 0.573. The van der Waals surface area contributed by atoms with Gasteiger partial charge in [0.05, 0.1) is 17.7 Å². The highest BCUT2D eigenvalue weighted by molar-refractivity contribution is 5.81. The van der Waals surface area contributed by atoms with Crippen molar-refractivity contribution in [3.05, 3.63) is 29.8 Å². The van der Waals surface area contributed by atoms with Crippen molar-refractivity contribution < 1.29 is 14.6 Å². The minimum atomic E-state index is -0.559. The Morgan fingerprint density at radius 3 is 2.48 bits per heavy atom. The van der Waals surface area contributed by atoms with Gasteiger partial charge >= 0.3 is 0 Å². The van der Waals surface area contributed by atoms with E-state index in [-0.39, 0.29) is 18.1 Å². The lowest BCUT2D eigenvalue weighted by Crippen LogP contribution is -2.55. The Morgan fingerprint density at radius 1 is 1.24 bits per heavy atom. The third-order valence-corrected chi connectivity index (χ3v) is 5.18. The summed E-state index contributed by atoms with van der Waals surface area (Å²) in [6.45, 7) is 4.70. The molecule has 6 heteroatoms. The van der Waals surface area contributed by atoms with Crippen LogP contribution in [0.2, 0.25) is 0 Å². The molecule has 1 saturated heterocycles. The molecule has 1 amide bonds. The average Bonchev–Trinajstić information content (AvgIpc) is 3.08. The SMILES string of the molecule is C[C@H](Oc1ccc(C#N)cc1)C(=O)N1CCN([C@H]2CCC[C@@H]2O)CC1. The predicted octanol–water partition coefficient (Wildman–Crippen LogP) is 1.38. The van der Waals surface area contributed by atoms with Gasteiger partial charge in [0.2, 0.25) is 0 Å². The van der Waals surface area contributed by atoms with Gasteiger partial charge in [-0.15, -0.1) is 0 Å². The summed E-state index contributed by atoms with van der Waals surface area (Å²) < 4.78 is 5.72. The standard InChI is InChI=1S/C19H25N3O3/c1-14(25-16-7-5-15(13-20)6-8-16)19(24)22-11-9-21(10-12-22)17-3-2-4-18(17)23/h5-8,14,17-18,23H,2-4,9-12H2,1H3/t14-,17-,18-/m0/s1. The molecule has 2 aliphatic rings. The number of nitrogens with zero attached hydrogens (tertiary/aromatic N) is 3. The first-order valence-corrected chi connectivity index (χ1v) is 8.96. The first-order chi connectivity index (χ1) is 12.1. The molecule has 0 bridgehead atoms. The van der Waals surface area contributed by atoms with Crippen molar-refractivity contribution in [1.82, 2.24) is 9.80 Å². The summed E-state index contributed by atoms with van der Waals surface area (Å²) in [5.41, 5.74) is 0.566. The van der Waals surface area contributed by atoms with E-state index in [9.17, 15) is 9.90 Å². The molecule has 134 valence electrons. The maximum Gasteiger partial charge on any atom is 0.263 e. The van der Waals surface area contributed by atoms with Gasteiger partial charge in [-0.05, 0) is 50.5 Å². The van der Waals surface area contributed by atoms with Crippen LogP contribution in [0.4, 0.5) is 0 Å². The van der Waals surface area contributed by atoms with E-state index in [2.05, 4.69) is 11.0 Å². The zero-order chi connectivity index (χ0) is 17.8. The van der Waals surface area contributed by atoms with E-state index in [0.29, 0.717) is 24.4 Å². The van der Waals surface area contributed by atoms with Crippen molar-refractivity contribution >= 4 is 5.91 Å². The molecular formula is C19H25N3O3. The molecule has 1 aromatic rings. The summed E-state index contributed by atoms with van der Waals surface area (Å²) in [6, 6.07) is 9.09. The topological polar surface area (TPSA) is 76.8 Å². The van der Waals surface area contributed by atoms with Gasteiger partial charge < -0.3 is 14.7 Å². The Labute approximate surface area is 148 Å². The first-order valence-electron chi connectivity index (χ1n) is 8.96. The van der Waals surface area contributed by atoms with Gasteiger partial charge in [-0.25, -0.2) is 0 Å². The number of benzene rings is 1. The number of piperazine rings is 1. The minimum Gasteiger partial charge on any atom is -0.481 e. The van der Waals surface area contributed by atoms with E-state index in [1.54, 1.807) is 31.2 Å². The lowest BCUT2D eigenvalue weighted by atomic mass is 10.1. The maximum absolute atomic E-state index is 12.6. The normalized spacial score (nSPS) is 25.4. The van der Waals surface area contributed by atoms with Gasteiger partial charge in [-0.1, -0.05) is 0 Å². The minimum absolute atomic E-state index is 0.0176. The molecule has 0 spiro atoms. The maximum atomic E-state index is 12.6.